The highest BCUT2D eigenvalue weighted by atomic mass is 15.2. The number of nitrogens with zero attached hydrogens (tertiary/aromatic N) is 1. The van der Waals surface area contributed by atoms with Crippen molar-refractivity contribution in [3.63, 3.8) is 0 Å². The Morgan fingerprint density at radius 1 is 1.21 bits per heavy atom. The Bertz CT molecular complexity index is 154. The molecule has 0 saturated heterocycles. The number of hydrogen-bond acceptors (Lipinski definition) is 2. The zero-order chi connectivity index (χ0) is 11.4. The summed E-state index contributed by atoms with van der Waals surface area (Å²) in [7, 11) is 4.25. The van der Waals surface area contributed by atoms with E-state index in [0.717, 1.165) is 18.8 Å². The molecule has 2 N–H and O–H groups in total. The van der Waals surface area contributed by atoms with E-state index in [-0.39, 0.29) is 11.6 Å². The summed E-state index contributed by atoms with van der Waals surface area (Å²) in [6, 6.07) is 0.282. The third kappa shape index (κ3) is 3.58. The van der Waals surface area contributed by atoms with E-state index in [1.165, 1.54) is 6.42 Å². The minimum atomic E-state index is 0.148. The third-order valence-corrected chi connectivity index (χ3v) is 3.59. The summed E-state index contributed by atoms with van der Waals surface area (Å²) in [5.74, 6) is 0.754. The van der Waals surface area contributed by atoms with E-state index in [9.17, 15) is 0 Å². The fraction of sp³-hybridized carbons (Fsp3) is 1.00. The molecule has 0 aromatic carbocycles. The molecule has 0 spiro atoms. The van der Waals surface area contributed by atoms with Crippen molar-refractivity contribution in [1.82, 2.24) is 4.90 Å². The second kappa shape index (κ2) is 5.72. The summed E-state index contributed by atoms with van der Waals surface area (Å²) in [6.07, 6.45) is 3.46. The Balaban J connectivity index is 4.24. The summed E-state index contributed by atoms with van der Waals surface area (Å²) in [5.41, 5.74) is 6.42. The van der Waals surface area contributed by atoms with Gasteiger partial charge in [0, 0.05) is 11.6 Å². The van der Waals surface area contributed by atoms with Crippen LogP contribution in [0.3, 0.4) is 0 Å². The molecule has 2 unspecified atom stereocenters. The molecule has 0 aliphatic carbocycles. The lowest BCUT2D eigenvalue weighted by molar-refractivity contribution is 0.124. The maximum absolute atomic E-state index is 6.27. The van der Waals surface area contributed by atoms with Crippen LogP contribution >= 0.6 is 0 Å². The molecule has 14 heavy (non-hydrogen) atoms. The van der Waals surface area contributed by atoms with E-state index < -0.39 is 0 Å². The van der Waals surface area contributed by atoms with Crippen molar-refractivity contribution in [1.29, 1.82) is 0 Å². The van der Waals surface area contributed by atoms with Gasteiger partial charge in [-0.05, 0) is 46.2 Å². The van der Waals surface area contributed by atoms with Crippen LogP contribution in [-0.2, 0) is 0 Å². The van der Waals surface area contributed by atoms with Gasteiger partial charge in [0.15, 0.2) is 0 Å². The Morgan fingerprint density at radius 2 is 1.71 bits per heavy atom. The van der Waals surface area contributed by atoms with Gasteiger partial charge >= 0.3 is 0 Å². The maximum Gasteiger partial charge on any atom is 0.0323 e. The Hall–Kier alpha value is -0.0800. The Morgan fingerprint density at radius 3 is 2.00 bits per heavy atom. The van der Waals surface area contributed by atoms with Gasteiger partial charge in [0.25, 0.3) is 0 Å². The van der Waals surface area contributed by atoms with Crippen molar-refractivity contribution in [2.24, 2.45) is 11.7 Å². The van der Waals surface area contributed by atoms with Crippen LogP contribution in [0, 0.1) is 5.92 Å². The van der Waals surface area contributed by atoms with Crippen molar-refractivity contribution in [3.05, 3.63) is 0 Å². The molecule has 2 nitrogen and oxygen atoms in total. The number of nitrogens with two attached hydrogens (primary N) is 1. The zero-order valence-electron chi connectivity index (χ0n) is 10.8. The molecule has 0 radical (unpaired) electrons. The smallest absolute Gasteiger partial charge is 0.0323 e. The maximum atomic E-state index is 6.27. The van der Waals surface area contributed by atoms with E-state index >= 15 is 0 Å². The minimum absolute atomic E-state index is 0.148. The van der Waals surface area contributed by atoms with Gasteiger partial charge in [-0.1, -0.05) is 20.8 Å². The topological polar surface area (TPSA) is 29.3 Å². The molecule has 0 aliphatic heterocycles. The summed E-state index contributed by atoms with van der Waals surface area (Å²) >= 11 is 0. The quantitative estimate of drug-likeness (QED) is 0.714. The molecular weight excluding hydrogens is 172 g/mol. The first-order valence-corrected chi connectivity index (χ1v) is 5.77. The predicted octanol–water partition coefficient (Wildman–Crippen LogP) is 2.48. The molecular formula is C12H28N2. The van der Waals surface area contributed by atoms with E-state index in [1.807, 2.05) is 0 Å². The average Bonchev–Trinajstić information content (AvgIpc) is 2.12. The molecule has 86 valence electrons. The van der Waals surface area contributed by atoms with Crippen LogP contribution in [-0.4, -0.2) is 30.6 Å². The molecule has 0 bridgehead atoms. The van der Waals surface area contributed by atoms with Crippen LogP contribution in [0.25, 0.3) is 0 Å². The largest absolute Gasteiger partial charge is 0.326 e. The molecule has 0 aromatic rings. The standard InChI is InChI=1S/C12H28N2/c1-7-12(4,14(5)6)11(13)9-8-10(2)3/h10-11H,7-9,13H2,1-6H3. The van der Waals surface area contributed by atoms with Crippen LogP contribution in [0.1, 0.15) is 47.0 Å². The van der Waals surface area contributed by atoms with Crippen molar-refractivity contribution >= 4 is 0 Å². The van der Waals surface area contributed by atoms with Gasteiger partial charge in [-0.15, -0.1) is 0 Å². The van der Waals surface area contributed by atoms with Crippen LogP contribution in [0.15, 0.2) is 0 Å². The summed E-state index contributed by atoms with van der Waals surface area (Å²) in [5, 5.41) is 0. The van der Waals surface area contributed by atoms with Crippen molar-refractivity contribution in [2.75, 3.05) is 14.1 Å². The monoisotopic (exact) mass is 200 g/mol. The molecule has 2 heteroatoms. The van der Waals surface area contributed by atoms with Gasteiger partial charge in [-0.3, -0.25) is 0 Å². The fourth-order valence-electron chi connectivity index (χ4n) is 1.73. The van der Waals surface area contributed by atoms with Gasteiger partial charge in [-0.25, -0.2) is 0 Å². The molecule has 2 atom stereocenters. The van der Waals surface area contributed by atoms with E-state index in [1.54, 1.807) is 0 Å². The highest BCUT2D eigenvalue weighted by molar-refractivity contribution is 4.92. The fourth-order valence-corrected chi connectivity index (χ4v) is 1.73. The van der Waals surface area contributed by atoms with Gasteiger partial charge in [0.1, 0.15) is 0 Å². The first-order valence-electron chi connectivity index (χ1n) is 5.77. The highest BCUT2D eigenvalue weighted by Crippen LogP contribution is 2.23. The van der Waals surface area contributed by atoms with Crippen molar-refractivity contribution < 1.29 is 0 Å². The van der Waals surface area contributed by atoms with E-state index in [2.05, 4.69) is 46.7 Å². The highest BCUT2D eigenvalue weighted by Gasteiger charge is 2.31. The lowest BCUT2D eigenvalue weighted by Crippen LogP contribution is -2.54. The minimum Gasteiger partial charge on any atom is -0.326 e. The van der Waals surface area contributed by atoms with Crippen molar-refractivity contribution in [2.45, 2.75) is 58.5 Å². The summed E-state index contributed by atoms with van der Waals surface area (Å²) in [6.45, 7) is 8.99. The molecule has 0 saturated carbocycles. The third-order valence-electron chi connectivity index (χ3n) is 3.59. The number of rotatable bonds is 6. The second-order valence-electron chi connectivity index (χ2n) is 5.18. The molecule has 0 heterocycles. The Kier molecular flexibility index (Phi) is 5.68. The average molecular weight is 200 g/mol. The van der Waals surface area contributed by atoms with Gasteiger partial charge in [0.05, 0.1) is 0 Å². The number of hydrogen-bond donors (Lipinski definition) is 1. The first kappa shape index (κ1) is 13.9. The van der Waals surface area contributed by atoms with Crippen molar-refractivity contribution in [3.8, 4) is 0 Å². The van der Waals surface area contributed by atoms with E-state index in [4.69, 9.17) is 5.73 Å². The SMILES string of the molecule is CCC(C)(C(N)CCC(C)C)N(C)C. The molecule has 0 aromatic heterocycles. The van der Waals surface area contributed by atoms with Crippen LogP contribution < -0.4 is 5.73 Å². The second-order valence-corrected chi connectivity index (χ2v) is 5.18. The number of likely N-dealkylation sites (N-methyl/N-ethyl adjacent to an activating group) is 1. The van der Waals surface area contributed by atoms with Crippen LogP contribution in [0.2, 0.25) is 0 Å². The molecule has 0 fully saturated rings. The lowest BCUT2D eigenvalue weighted by atomic mass is 9.84. The van der Waals surface area contributed by atoms with Crippen LogP contribution in [0.4, 0.5) is 0 Å². The Labute approximate surface area is 89.9 Å². The first-order chi connectivity index (χ1) is 6.34. The van der Waals surface area contributed by atoms with Gasteiger partial charge in [0.2, 0.25) is 0 Å². The zero-order valence-corrected chi connectivity index (χ0v) is 10.8. The molecule has 0 rings (SSSR count). The van der Waals surface area contributed by atoms with Gasteiger partial charge < -0.3 is 10.6 Å². The van der Waals surface area contributed by atoms with E-state index in [0.29, 0.717) is 0 Å². The molecule has 0 amide bonds. The lowest BCUT2D eigenvalue weighted by Gasteiger charge is -2.41. The predicted molar refractivity (Wildman–Crippen MR) is 64.4 cm³/mol. The normalized spacial score (nSPS) is 18.6. The molecule has 0 aliphatic rings. The van der Waals surface area contributed by atoms with Crippen LogP contribution in [0.5, 0.6) is 0 Å². The summed E-state index contributed by atoms with van der Waals surface area (Å²) in [4.78, 5) is 2.26. The van der Waals surface area contributed by atoms with Gasteiger partial charge in [-0.2, -0.15) is 0 Å². The summed E-state index contributed by atoms with van der Waals surface area (Å²) < 4.78 is 0.